The van der Waals surface area contributed by atoms with E-state index in [1.807, 2.05) is 6.07 Å². The molecule has 2 aromatic rings. The monoisotopic (exact) mass is 308 g/mol. The SMILES string of the molecule is O=C(NCCCOCCO)c1cc(Cl)cc2cccnc12. The summed E-state index contributed by atoms with van der Waals surface area (Å²) >= 11 is 6.03. The van der Waals surface area contributed by atoms with Crippen molar-refractivity contribution in [3.8, 4) is 0 Å². The highest BCUT2D eigenvalue weighted by Crippen LogP contribution is 2.22. The molecule has 1 aromatic heterocycles. The largest absolute Gasteiger partial charge is 0.394 e. The van der Waals surface area contributed by atoms with Crippen molar-refractivity contribution in [2.45, 2.75) is 6.42 Å². The Labute approximate surface area is 127 Å². The van der Waals surface area contributed by atoms with E-state index in [1.165, 1.54) is 0 Å². The van der Waals surface area contributed by atoms with Crippen molar-refractivity contribution in [1.29, 1.82) is 0 Å². The first-order valence-electron chi connectivity index (χ1n) is 6.73. The van der Waals surface area contributed by atoms with Gasteiger partial charge >= 0.3 is 0 Å². The quantitative estimate of drug-likeness (QED) is 0.768. The molecule has 0 aliphatic rings. The number of nitrogens with zero attached hydrogens (tertiary/aromatic N) is 1. The van der Waals surface area contributed by atoms with Crippen molar-refractivity contribution >= 4 is 28.4 Å². The number of benzene rings is 1. The van der Waals surface area contributed by atoms with Gasteiger partial charge in [0.15, 0.2) is 0 Å². The molecule has 112 valence electrons. The lowest BCUT2D eigenvalue weighted by Gasteiger charge is -2.08. The Balaban J connectivity index is 1.99. The fraction of sp³-hybridized carbons (Fsp3) is 0.333. The number of hydrogen-bond donors (Lipinski definition) is 2. The van der Waals surface area contributed by atoms with Gasteiger partial charge in [-0.2, -0.15) is 0 Å². The molecule has 6 heteroatoms. The number of aromatic nitrogens is 1. The smallest absolute Gasteiger partial charge is 0.253 e. The normalized spacial score (nSPS) is 10.8. The molecule has 1 aromatic carbocycles. The fourth-order valence-electron chi connectivity index (χ4n) is 1.97. The van der Waals surface area contributed by atoms with Crippen molar-refractivity contribution in [2.75, 3.05) is 26.4 Å². The number of carbonyl (C=O) groups is 1. The van der Waals surface area contributed by atoms with Crippen molar-refractivity contribution < 1.29 is 14.6 Å². The number of hydrogen-bond acceptors (Lipinski definition) is 4. The summed E-state index contributed by atoms with van der Waals surface area (Å²) in [4.78, 5) is 16.4. The van der Waals surface area contributed by atoms with Crippen LogP contribution in [0.3, 0.4) is 0 Å². The number of amides is 1. The van der Waals surface area contributed by atoms with Gasteiger partial charge in [-0.3, -0.25) is 9.78 Å². The van der Waals surface area contributed by atoms with E-state index >= 15 is 0 Å². The minimum Gasteiger partial charge on any atom is -0.394 e. The van der Waals surface area contributed by atoms with Crippen molar-refractivity contribution in [3.63, 3.8) is 0 Å². The minimum atomic E-state index is -0.205. The average molecular weight is 309 g/mol. The molecule has 21 heavy (non-hydrogen) atoms. The van der Waals surface area contributed by atoms with Crippen LogP contribution >= 0.6 is 11.6 Å². The molecule has 0 saturated carbocycles. The van der Waals surface area contributed by atoms with Crippen molar-refractivity contribution in [2.24, 2.45) is 0 Å². The second kappa shape index (κ2) is 7.93. The minimum absolute atomic E-state index is 0.00648. The van der Waals surface area contributed by atoms with Crippen LogP contribution in [-0.4, -0.2) is 42.4 Å². The third kappa shape index (κ3) is 4.39. The van der Waals surface area contributed by atoms with Gasteiger partial charge in [0.1, 0.15) is 0 Å². The van der Waals surface area contributed by atoms with Gasteiger partial charge < -0.3 is 15.2 Å². The second-order valence-electron chi connectivity index (χ2n) is 4.47. The molecule has 2 N–H and O–H groups in total. The molecule has 2 rings (SSSR count). The van der Waals surface area contributed by atoms with E-state index in [9.17, 15) is 4.79 Å². The van der Waals surface area contributed by atoms with E-state index in [0.717, 1.165) is 5.39 Å². The van der Waals surface area contributed by atoms with E-state index in [2.05, 4.69) is 10.3 Å². The molecule has 0 fully saturated rings. The van der Waals surface area contributed by atoms with Crippen LogP contribution in [0, 0.1) is 0 Å². The van der Waals surface area contributed by atoms with Crippen LogP contribution in [0.25, 0.3) is 10.9 Å². The number of pyridine rings is 1. The summed E-state index contributed by atoms with van der Waals surface area (Å²) in [7, 11) is 0. The lowest BCUT2D eigenvalue weighted by atomic mass is 10.1. The summed E-state index contributed by atoms with van der Waals surface area (Å²) < 4.78 is 5.12. The zero-order valence-corrected chi connectivity index (χ0v) is 12.3. The second-order valence-corrected chi connectivity index (χ2v) is 4.91. The van der Waals surface area contributed by atoms with Gasteiger partial charge in [0, 0.05) is 29.8 Å². The van der Waals surface area contributed by atoms with Crippen LogP contribution in [0.2, 0.25) is 5.02 Å². The first-order valence-corrected chi connectivity index (χ1v) is 7.11. The summed E-state index contributed by atoms with van der Waals surface area (Å²) in [6, 6.07) is 7.07. The van der Waals surface area contributed by atoms with Gasteiger partial charge in [-0.15, -0.1) is 0 Å². The van der Waals surface area contributed by atoms with Gasteiger partial charge in [-0.05, 0) is 24.6 Å². The molecule has 0 unspecified atom stereocenters. The zero-order chi connectivity index (χ0) is 15.1. The van der Waals surface area contributed by atoms with Crippen LogP contribution in [0.15, 0.2) is 30.5 Å². The Morgan fingerprint density at radius 3 is 3.05 bits per heavy atom. The maximum absolute atomic E-state index is 12.2. The van der Waals surface area contributed by atoms with E-state index in [1.54, 1.807) is 24.4 Å². The van der Waals surface area contributed by atoms with E-state index in [0.29, 0.717) is 42.3 Å². The molecule has 5 nitrogen and oxygen atoms in total. The Morgan fingerprint density at radius 1 is 1.38 bits per heavy atom. The predicted octanol–water partition coefficient (Wildman–Crippen LogP) is 2.02. The molecular weight excluding hydrogens is 292 g/mol. The van der Waals surface area contributed by atoms with Gasteiger partial charge in [0.05, 0.1) is 24.3 Å². The highest BCUT2D eigenvalue weighted by Gasteiger charge is 2.11. The summed E-state index contributed by atoms with van der Waals surface area (Å²) in [5.41, 5.74) is 1.10. The maximum Gasteiger partial charge on any atom is 0.253 e. The summed E-state index contributed by atoms with van der Waals surface area (Å²) in [5, 5.41) is 12.7. The third-order valence-electron chi connectivity index (χ3n) is 2.90. The van der Waals surface area contributed by atoms with E-state index in [-0.39, 0.29) is 12.5 Å². The molecule has 0 saturated heterocycles. The molecule has 0 radical (unpaired) electrons. The number of rotatable bonds is 7. The topological polar surface area (TPSA) is 71.5 Å². The average Bonchev–Trinajstić information content (AvgIpc) is 2.49. The Bertz CT molecular complexity index is 619. The van der Waals surface area contributed by atoms with Crippen LogP contribution < -0.4 is 5.32 Å². The Kier molecular flexibility index (Phi) is 5.92. The number of aliphatic hydroxyl groups is 1. The molecule has 0 spiro atoms. The zero-order valence-electron chi connectivity index (χ0n) is 11.5. The molecule has 1 amide bonds. The van der Waals surface area contributed by atoms with E-state index < -0.39 is 0 Å². The van der Waals surface area contributed by atoms with Crippen molar-refractivity contribution in [1.82, 2.24) is 10.3 Å². The molecule has 0 aliphatic carbocycles. The summed E-state index contributed by atoms with van der Waals surface area (Å²) in [6.45, 7) is 1.31. The molecule has 0 bridgehead atoms. The standard InChI is InChI=1S/C15H17ClN2O3/c16-12-9-11-3-1-4-17-14(11)13(10-12)15(20)18-5-2-7-21-8-6-19/h1,3-4,9-10,19H,2,5-8H2,(H,18,20). The van der Waals surface area contributed by atoms with Gasteiger partial charge in [-0.25, -0.2) is 0 Å². The highest BCUT2D eigenvalue weighted by atomic mass is 35.5. The molecule has 0 atom stereocenters. The number of halogens is 1. The van der Waals surface area contributed by atoms with Gasteiger partial charge in [0.25, 0.3) is 5.91 Å². The maximum atomic E-state index is 12.2. The van der Waals surface area contributed by atoms with E-state index in [4.69, 9.17) is 21.4 Å². The van der Waals surface area contributed by atoms with Crippen LogP contribution in [0.4, 0.5) is 0 Å². The first-order chi connectivity index (χ1) is 10.2. The lowest BCUT2D eigenvalue weighted by molar-refractivity contribution is 0.0868. The molecule has 0 aliphatic heterocycles. The first kappa shape index (κ1) is 15.7. The molecular formula is C15H17ClN2O3. The predicted molar refractivity (Wildman–Crippen MR) is 81.6 cm³/mol. The lowest BCUT2D eigenvalue weighted by Crippen LogP contribution is -2.25. The summed E-state index contributed by atoms with van der Waals surface area (Å²) in [5.74, 6) is -0.205. The third-order valence-corrected chi connectivity index (χ3v) is 3.12. The Hall–Kier alpha value is -1.69. The van der Waals surface area contributed by atoms with Gasteiger partial charge in [0.2, 0.25) is 0 Å². The van der Waals surface area contributed by atoms with Gasteiger partial charge in [-0.1, -0.05) is 17.7 Å². The molecule has 1 heterocycles. The summed E-state index contributed by atoms with van der Waals surface area (Å²) in [6.07, 6.45) is 2.33. The number of carbonyl (C=O) groups excluding carboxylic acids is 1. The van der Waals surface area contributed by atoms with Crippen LogP contribution in [-0.2, 0) is 4.74 Å². The number of aliphatic hydroxyl groups excluding tert-OH is 1. The number of ether oxygens (including phenoxy) is 1. The van der Waals surface area contributed by atoms with Crippen LogP contribution in [0.5, 0.6) is 0 Å². The Morgan fingerprint density at radius 2 is 2.24 bits per heavy atom. The van der Waals surface area contributed by atoms with Crippen LogP contribution in [0.1, 0.15) is 16.8 Å². The highest BCUT2D eigenvalue weighted by molar-refractivity contribution is 6.32. The van der Waals surface area contributed by atoms with Crippen molar-refractivity contribution in [3.05, 3.63) is 41.0 Å². The number of nitrogens with one attached hydrogen (secondary N) is 1. The fourth-order valence-corrected chi connectivity index (χ4v) is 2.19. The number of fused-ring (bicyclic) bond motifs is 1.